The maximum atomic E-state index is 10.3. The van der Waals surface area contributed by atoms with Crippen LogP contribution in [-0.2, 0) is 4.79 Å². The molecule has 66 valence electrons. The first-order valence-electron chi connectivity index (χ1n) is 3.31. The highest BCUT2D eigenvalue weighted by Gasteiger charge is 2.13. The molecule has 1 aromatic heterocycles. The van der Waals surface area contributed by atoms with Crippen LogP contribution in [0, 0.1) is 0 Å². The minimum atomic E-state index is -0.874. The molecule has 1 heterocycles. The fraction of sp³-hybridized carbons (Fsp3) is 0.286. The van der Waals surface area contributed by atoms with Crippen LogP contribution in [0.1, 0.15) is 18.0 Å². The normalized spacial score (nSPS) is 12.8. The first-order chi connectivity index (χ1) is 5.61. The third kappa shape index (κ3) is 2.30. The van der Waals surface area contributed by atoms with Crippen molar-refractivity contribution in [1.82, 2.24) is 0 Å². The van der Waals surface area contributed by atoms with E-state index >= 15 is 0 Å². The van der Waals surface area contributed by atoms with E-state index in [-0.39, 0.29) is 6.42 Å². The van der Waals surface area contributed by atoms with E-state index in [1.54, 1.807) is 0 Å². The molecule has 0 aliphatic heterocycles. The van der Waals surface area contributed by atoms with Crippen molar-refractivity contribution in [3.63, 3.8) is 0 Å². The lowest BCUT2D eigenvalue weighted by Crippen LogP contribution is -2.14. The van der Waals surface area contributed by atoms with Crippen molar-refractivity contribution < 1.29 is 9.90 Å². The van der Waals surface area contributed by atoms with E-state index in [0.29, 0.717) is 0 Å². The van der Waals surface area contributed by atoms with Crippen LogP contribution in [0.3, 0.4) is 0 Å². The highest BCUT2D eigenvalue weighted by atomic mass is 79.9. The molecular weight excluding hydrogens is 242 g/mol. The summed E-state index contributed by atoms with van der Waals surface area (Å²) < 4.78 is 0.913. The summed E-state index contributed by atoms with van der Waals surface area (Å²) in [5.74, 6) is -0.874. The maximum absolute atomic E-state index is 10.3. The molecule has 1 rings (SSSR count). The van der Waals surface area contributed by atoms with Gasteiger partial charge in [-0.2, -0.15) is 0 Å². The molecule has 1 atom stereocenters. The van der Waals surface area contributed by atoms with Gasteiger partial charge in [-0.25, -0.2) is 0 Å². The first-order valence-corrected chi connectivity index (χ1v) is 4.99. The molecule has 3 N–H and O–H groups in total. The number of thiophene rings is 1. The van der Waals surface area contributed by atoms with Crippen LogP contribution in [0.4, 0.5) is 0 Å². The van der Waals surface area contributed by atoms with Gasteiger partial charge in [0.1, 0.15) is 0 Å². The van der Waals surface area contributed by atoms with Gasteiger partial charge >= 0.3 is 5.97 Å². The number of rotatable bonds is 3. The summed E-state index contributed by atoms with van der Waals surface area (Å²) in [4.78, 5) is 10.3. The van der Waals surface area contributed by atoms with E-state index in [0.717, 1.165) is 9.35 Å². The maximum Gasteiger partial charge on any atom is 0.305 e. The molecule has 1 unspecified atom stereocenters. The summed E-state index contributed by atoms with van der Waals surface area (Å²) in [6.07, 6.45) is -0.0324. The zero-order chi connectivity index (χ0) is 9.14. The molecular formula is C7H8BrNO2S. The van der Waals surface area contributed by atoms with Gasteiger partial charge in [0.05, 0.1) is 10.2 Å². The fourth-order valence-corrected chi connectivity index (χ4v) is 2.31. The average molecular weight is 250 g/mol. The third-order valence-electron chi connectivity index (χ3n) is 1.44. The quantitative estimate of drug-likeness (QED) is 0.862. The van der Waals surface area contributed by atoms with Crippen molar-refractivity contribution in [3.8, 4) is 0 Å². The van der Waals surface area contributed by atoms with Gasteiger partial charge in [0, 0.05) is 6.04 Å². The van der Waals surface area contributed by atoms with Crippen LogP contribution in [0.15, 0.2) is 15.2 Å². The van der Waals surface area contributed by atoms with Crippen molar-refractivity contribution >= 4 is 33.2 Å². The number of hydrogen-bond donors (Lipinski definition) is 2. The number of carbonyl (C=O) groups is 1. The summed E-state index contributed by atoms with van der Waals surface area (Å²) in [7, 11) is 0. The van der Waals surface area contributed by atoms with E-state index in [1.165, 1.54) is 11.3 Å². The van der Waals surface area contributed by atoms with Crippen LogP contribution in [0.5, 0.6) is 0 Å². The molecule has 0 spiro atoms. The molecule has 0 saturated heterocycles. The highest BCUT2D eigenvalue weighted by Crippen LogP contribution is 2.28. The zero-order valence-corrected chi connectivity index (χ0v) is 8.56. The van der Waals surface area contributed by atoms with Gasteiger partial charge in [-0.05, 0) is 32.9 Å². The lowest BCUT2D eigenvalue weighted by molar-refractivity contribution is -0.137. The lowest BCUT2D eigenvalue weighted by atomic mass is 10.1. The number of carboxylic acids is 1. The van der Waals surface area contributed by atoms with Gasteiger partial charge in [-0.3, -0.25) is 4.79 Å². The summed E-state index contributed by atoms with van der Waals surface area (Å²) >= 11 is 4.81. The molecule has 0 bridgehead atoms. The molecule has 12 heavy (non-hydrogen) atoms. The highest BCUT2D eigenvalue weighted by molar-refractivity contribution is 9.11. The first kappa shape index (κ1) is 9.70. The largest absolute Gasteiger partial charge is 0.481 e. The summed E-state index contributed by atoms with van der Waals surface area (Å²) in [6.45, 7) is 0. The number of aliphatic carboxylic acids is 1. The van der Waals surface area contributed by atoms with Gasteiger partial charge in [0.15, 0.2) is 0 Å². The van der Waals surface area contributed by atoms with Crippen LogP contribution in [0.2, 0.25) is 0 Å². The molecule has 1 aromatic rings. The van der Waals surface area contributed by atoms with Crippen molar-refractivity contribution in [3.05, 3.63) is 20.8 Å². The van der Waals surface area contributed by atoms with Crippen LogP contribution in [0.25, 0.3) is 0 Å². The van der Waals surface area contributed by atoms with Crippen molar-refractivity contribution in [2.45, 2.75) is 12.5 Å². The van der Waals surface area contributed by atoms with Crippen molar-refractivity contribution in [2.24, 2.45) is 5.73 Å². The minimum absolute atomic E-state index is 0.0324. The van der Waals surface area contributed by atoms with Crippen molar-refractivity contribution in [1.29, 1.82) is 0 Å². The van der Waals surface area contributed by atoms with E-state index in [1.807, 2.05) is 11.4 Å². The summed E-state index contributed by atoms with van der Waals surface area (Å²) in [5.41, 5.74) is 6.50. The molecule has 0 radical (unpaired) electrons. The fourth-order valence-electron chi connectivity index (χ4n) is 0.868. The second-order valence-electron chi connectivity index (χ2n) is 2.35. The number of carboxylic acid groups (broad SMARTS) is 1. The Hall–Kier alpha value is -0.390. The Labute approximate surface area is 82.3 Å². The lowest BCUT2D eigenvalue weighted by Gasteiger charge is -2.06. The van der Waals surface area contributed by atoms with Gasteiger partial charge in [0.25, 0.3) is 0 Å². The Morgan fingerprint density at radius 3 is 2.92 bits per heavy atom. The number of nitrogens with two attached hydrogens (primary N) is 1. The second kappa shape index (κ2) is 4.02. The minimum Gasteiger partial charge on any atom is -0.481 e. The van der Waals surface area contributed by atoms with Gasteiger partial charge in [-0.15, -0.1) is 11.3 Å². The predicted molar refractivity (Wildman–Crippen MR) is 51.2 cm³/mol. The molecule has 0 fully saturated rings. The topological polar surface area (TPSA) is 63.3 Å². The van der Waals surface area contributed by atoms with Crippen LogP contribution in [-0.4, -0.2) is 11.1 Å². The summed E-state index contributed by atoms with van der Waals surface area (Å²) in [5, 5.41) is 10.4. The molecule has 5 heteroatoms. The second-order valence-corrected chi connectivity index (χ2v) is 4.59. The molecule has 0 aliphatic rings. The van der Waals surface area contributed by atoms with E-state index < -0.39 is 12.0 Å². The van der Waals surface area contributed by atoms with E-state index in [4.69, 9.17) is 10.8 Å². The molecule has 0 saturated carbocycles. The van der Waals surface area contributed by atoms with Crippen LogP contribution >= 0.6 is 27.3 Å². The molecule has 0 amide bonds. The smallest absolute Gasteiger partial charge is 0.305 e. The zero-order valence-electron chi connectivity index (χ0n) is 6.16. The van der Waals surface area contributed by atoms with Crippen LogP contribution < -0.4 is 5.73 Å². The Bertz CT molecular complexity index is 287. The van der Waals surface area contributed by atoms with E-state index in [2.05, 4.69) is 15.9 Å². The Balaban J connectivity index is 2.71. The summed E-state index contributed by atoms with van der Waals surface area (Å²) in [6, 6.07) is 1.42. The van der Waals surface area contributed by atoms with Gasteiger partial charge in [-0.1, -0.05) is 0 Å². The Morgan fingerprint density at radius 1 is 1.83 bits per heavy atom. The Morgan fingerprint density at radius 2 is 2.50 bits per heavy atom. The standard InChI is InChI=1S/C7H8BrNO2S/c8-7-4(1-2-12-7)5(9)3-6(10)11/h1-2,5H,3,9H2,(H,10,11). The molecule has 3 nitrogen and oxygen atoms in total. The predicted octanol–water partition coefficient (Wildman–Crippen LogP) is 1.99. The molecule has 0 aromatic carbocycles. The van der Waals surface area contributed by atoms with Gasteiger partial charge in [0.2, 0.25) is 0 Å². The Kier molecular flexibility index (Phi) is 3.25. The molecule has 0 aliphatic carbocycles. The third-order valence-corrected chi connectivity index (χ3v) is 3.17. The van der Waals surface area contributed by atoms with Crippen molar-refractivity contribution in [2.75, 3.05) is 0 Å². The SMILES string of the molecule is NC(CC(=O)O)c1ccsc1Br. The van der Waals surface area contributed by atoms with Gasteiger partial charge < -0.3 is 10.8 Å². The monoisotopic (exact) mass is 249 g/mol. The number of halogens is 1. The average Bonchev–Trinajstić information content (AvgIpc) is 2.33. The number of hydrogen-bond acceptors (Lipinski definition) is 3. The van der Waals surface area contributed by atoms with E-state index in [9.17, 15) is 4.79 Å².